The lowest BCUT2D eigenvalue weighted by molar-refractivity contribution is 0.0546. The van der Waals surface area contributed by atoms with Gasteiger partial charge in [-0.15, -0.1) is 0 Å². The molecular weight excluding hydrogens is 238 g/mol. The van der Waals surface area contributed by atoms with Crippen LogP contribution < -0.4 is 0 Å². The van der Waals surface area contributed by atoms with E-state index in [0.717, 1.165) is 5.56 Å². The lowest BCUT2D eigenvalue weighted by Crippen LogP contribution is -2.40. The zero-order chi connectivity index (χ0) is 13.2. The smallest absolute Gasteiger partial charge is 0.253 e. The Bertz CT molecular complexity index is 442. The van der Waals surface area contributed by atoms with Gasteiger partial charge in [-0.1, -0.05) is 18.6 Å². The maximum Gasteiger partial charge on any atom is 0.253 e. The standard InChI is InChI=1S/C16H21NO2/c18-15-8-10-17(11-9-15)16(19)14-6-4-13(5-7-14)12-2-1-3-12/h4-7,12,15,18H,1-3,8-11H2. The van der Waals surface area contributed by atoms with E-state index in [1.54, 1.807) is 0 Å². The zero-order valence-electron chi connectivity index (χ0n) is 11.2. The molecule has 2 aliphatic rings. The number of rotatable bonds is 2. The van der Waals surface area contributed by atoms with Gasteiger partial charge in [-0.05, 0) is 49.3 Å². The van der Waals surface area contributed by atoms with Crippen molar-refractivity contribution in [2.24, 2.45) is 0 Å². The Labute approximate surface area is 114 Å². The molecule has 1 saturated heterocycles. The molecule has 2 fully saturated rings. The minimum Gasteiger partial charge on any atom is -0.393 e. The summed E-state index contributed by atoms with van der Waals surface area (Å²) in [5, 5.41) is 9.47. The molecule has 1 aromatic carbocycles. The maximum atomic E-state index is 12.3. The van der Waals surface area contributed by atoms with E-state index in [2.05, 4.69) is 12.1 Å². The number of benzene rings is 1. The number of hydrogen-bond acceptors (Lipinski definition) is 2. The molecule has 3 nitrogen and oxygen atoms in total. The second-order valence-corrected chi connectivity index (χ2v) is 5.77. The molecule has 0 radical (unpaired) electrons. The maximum absolute atomic E-state index is 12.3. The number of aliphatic hydroxyl groups is 1. The normalized spacial score (nSPS) is 21.2. The van der Waals surface area contributed by atoms with Crippen LogP contribution in [0.4, 0.5) is 0 Å². The minimum atomic E-state index is -0.231. The molecule has 0 atom stereocenters. The van der Waals surface area contributed by atoms with Gasteiger partial charge < -0.3 is 10.0 Å². The summed E-state index contributed by atoms with van der Waals surface area (Å²) in [6, 6.07) is 8.13. The number of nitrogens with zero attached hydrogens (tertiary/aromatic N) is 1. The largest absolute Gasteiger partial charge is 0.393 e. The van der Waals surface area contributed by atoms with Gasteiger partial charge in [0.05, 0.1) is 6.10 Å². The SMILES string of the molecule is O=C(c1ccc(C2CCC2)cc1)N1CCC(O)CC1. The lowest BCUT2D eigenvalue weighted by Gasteiger charge is -2.30. The first-order valence-electron chi connectivity index (χ1n) is 7.31. The van der Waals surface area contributed by atoms with E-state index >= 15 is 0 Å². The third kappa shape index (κ3) is 2.66. The van der Waals surface area contributed by atoms with Gasteiger partial charge in [0.2, 0.25) is 0 Å². The van der Waals surface area contributed by atoms with E-state index < -0.39 is 0 Å². The number of hydrogen-bond donors (Lipinski definition) is 1. The highest BCUT2D eigenvalue weighted by Crippen LogP contribution is 2.36. The fourth-order valence-corrected chi connectivity index (χ4v) is 2.89. The van der Waals surface area contributed by atoms with Crippen LogP contribution in [0.15, 0.2) is 24.3 Å². The van der Waals surface area contributed by atoms with Crippen molar-refractivity contribution in [3.05, 3.63) is 35.4 Å². The first-order valence-corrected chi connectivity index (χ1v) is 7.31. The first-order chi connectivity index (χ1) is 9.24. The fourth-order valence-electron chi connectivity index (χ4n) is 2.89. The molecule has 102 valence electrons. The molecule has 1 N–H and O–H groups in total. The molecule has 1 amide bonds. The average Bonchev–Trinajstić information content (AvgIpc) is 2.38. The first kappa shape index (κ1) is 12.7. The molecule has 1 aliphatic carbocycles. The van der Waals surface area contributed by atoms with Gasteiger partial charge in [-0.2, -0.15) is 0 Å². The Hall–Kier alpha value is -1.35. The fraction of sp³-hybridized carbons (Fsp3) is 0.562. The Kier molecular flexibility index (Phi) is 3.56. The second kappa shape index (κ2) is 5.33. The Morgan fingerprint density at radius 3 is 2.21 bits per heavy atom. The van der Waals surface area contributed by atoms with Gasteiger partial charge >= 0.3 is 0 Å². The number of carbonyl (C=O) groups excluding carboxylic acids is 1. The topological polar surface area (TPSA) is 40.5 Å². The predicted molar refractivity (Wildman–Crippen MR) is 74.2 cm³/mol. The molecule has 3 rings (SSSR count). The van der Waals surface area contributed by atoms with Crippen LogP contribution in [0.3, 0.4) is 0 Å². The number of piperidine rings is 1. The van der Waals surface area contributed by atoms with Crippen LogP contribution in [0.25, 0.3) is 0 Å². The van der Waals surface area contributed by atoms with E-state index in [-0.39, 0.29) is 12.0 Å². The van der Waals surface area contributed by atoms with Gasteiger partial charge in [-0.25, -0.2) is 0 Å². The van der Waals surface area contributed by atoms with Crippen molar-refractivity contribution in [2.75, 3.05) is 13.1 Å². The van der Waals surface area contributed by atoms with E-state index in [9.17, 15) is 9.90 Å². The van der Waals surface area contributed by atoms with E-state index in [1.807, 2.05) is 17.0 Å². The predicted octanol–water partition coefficient (Wildman–Crippen LogP) is 2.55. The molecule has 0 spiro atoms. The number of aliphatic hydroxyl groups excluding tert-OH is 1. The summed E-state index contributed by atoms with van der Waals surface area (Å²) in [6.07, 6.45) is 5.08. The van der Waals surface area contributed by atoms with Crippen molar-refractivity contribution in [3.8, 4) is 0 Å². The Morgan fingerprint density at radius 1 is 1.05 bits per heavy atom. The van der Waals surface area contributed by atoms with Gasteiger partial charge in [0.1, 0.15) is 0 Å². The van der Waals surface area contributed by atoms with E-state index in [4.69, 9.17) is 0 Å². The summed E-state index contributed by atoms with van der Waals surface area (Å²) in [7, 11) is 0. The highest BCUT2D eigenvalue weighted by atomic mass is 16.3. The summed E-state index contributed by atoms with van der Waals surface area (Å²) in [6.45, 7) is 1.34. The Balaban J connectivity index is 1.66. The van der Waals surface area contributed by atoms with Crippen LogP contribution in [0, 0.1) is 0 Å². The second-order valence-electron chi connectivity index (χ2n) is 5.77. The van der Waals surface area contributed by atoms with Gasteiger partial charge in [0.25, 0.3) is 5.91 Å². The van der Waals surface area contributed by atoms with Crippen molar-refractivity contribution >= 4 is 5.91 Å². The zero-order valence-corrected chi connectivity index (χ0v) is 11.2. The van der Waals surface area contributed by atoms with Crippen molar-refractivity contribution in [1.82, 2.24) is 4.90 Å². The van der Waals surface area contributed by atoms with E-state index in [1.165, 1.54) is 24.8 Å². The average molecular weight is 259 g/mol. The molecule has 1 aliphatic heterocycles. The number of likely N-dealkylation sites (tertiary alicyclic amines) is 1. The summed E-state index contributed by atoms with van der Waals surface area (Å²) in [5.74, 6) is 0.821. The minimum absolute atomic E-state index is 0.104. The molecule has 3 heteroatoms. The van der Waals surface area contributed by atoms with Crippen LogP contribution >= 0.6 is 0 Å². The van der Waals surface area contributed by atoms with Crippen LogP contribution in [0.5, 0.6) is 0 Å². The molecule has 1 saturated carbocycles. The molecule has 0 bridgehead atoms. The molecule has 1 aromatic rings. The van der Waals surface area contributed by atoms with Gasteiger partial charge in [0, 0.05) is 18.7 Å². The van der Waals surface area contributed by atoms with Crippen LogP contribution in [0.2, 0.25) is 0 Å². The summed E-state index contributed by atoms with van der Waals surface area (Å²) < 4.78 is 0. The summed E-state index contributed by atoms with van der Waals surface area (Å²) >= 11 is 0. The van der Waals surface area contributed by atoms with Crippen LogP contribution in [-0.4, -0.2) is 35.1 Å². The van der Waals surface area contributed by atoms with Crippen molar-refractivity contribution < 1.29 is 9.90 Å². The van der Waals surface area contributed by atoms with Crippen molar-refractivity contribution in [2.45, 2.75) is 44.1 Å². The molecule has 19 heavy (non-hydrogen) atoms. The quantitative estimate of drug-likeness (QED) is 0.886. The van der Waals surface area contributed by atoms with Crippen LogP contribution in [0.1, 0.15) is 53.9 Å². The monoisotopic (exact) mass is 259 g/mol. The Morgan fingerprint density at radius 2 is 1.68 bits per heavy atom. The van der Waals surface area contributed by atoms with Gasteiger partial charge in [0.15, 0.2) is 0 Å². The third-order valence-corrected chi connectivity index (χ3v) is 4.49. The van der Waals surface area contributed by atoms with Crippen molar-refractivity contribution in [3.63, 3.8) is 0 Å². The molecule has 0 unspecified atom stereocenters. The number of carbonyl (C=O) groups is 1. The highest BCUT2D eigenvalue weighted by molar-refractivity contribution is 5.94. The summed E-state index contributed by atoms with van der Waals surface area (Å²) in [4.78, 5) is 14.2. The van der Waals surface area contributed by atoms with Crippen LogP contribution in [-0.2, 0) is 0 Å². The number of amides is 1. The molecule has 1 heterocycles. The van der Waals surface area contributed by atoms with Gasteiger partial charge in [-0.3, -0.25) is 4.79 Å². The molecule has 0 aromatic heterocycles. The highest BCUT2D eigenvalue weighted by Gasteiger charge is 2.23. The summed E-state index contributed by atoms with van der Waals surface area (Å²) in [5.41, 5.74) is 2.15. The lowest BCUT2D eigenvalue weighted by atomic mass is 9.80. The third-order valence-electron chi connectivity index (χ3n) is 4.49. The van der Waals surface area contributed by atoms with Crippen molar-refractivity contribution in [1.29, 1.82) is 0 Å². The van der Waals surface area contributed by atoms with E-state index in [0.29, 0.717) is 31.8 Å². The molecular formula is C16H21NO2.